The summed E-state index contributed by atoms with van der Waals surface area (Å²) in [5.41, 5.74) is 1.07. The summed E-state index contributed by atoms with van der Waals surface area (Å²) < 4.78 is 55.0. The molecule has 0 saturated carbocycles. The summed E-state index contributed by atoms with van der Waals surface area (Å²) >= 11 is 0. The van der Waals surface area contributed by atoms with Crippen LogP contribution in [0.15, 0.2) is 36.5 Å². The maximum absolute atomic E-state index is 14.9. The molecule has 0 spiro atoms. The van der Waals surface area contributed by atoms with Gasteiger partial charge in [0.05, 0.1) is 18.4 Å². The summed E-state index contributed by atoms with van der Waals surface area (Å²) in [4.78, 5) is 12.1. The second-order valence-electron chi connectivity index (χ2n) is 8.75. The third kappa shape index (κ3) is 5.59. The van der Waals surface area contributed by atoms with Gasteiger partial charge in [-0.1, -0.05) is 0 Å². The second kappa shape index (κ2) is 10.4. The summed E-state index contributed by atoms with van der Waals surface area (Å²) in [5.74, 6) is -1.55. The fourth-order valence-corrected chi connectivity index (χ4v) is 3.77. The molecule has 0 amide bonds. The van der Waals surface area contributed by atoms with Crippen molar-refractivity contribution < 1.29 is 22.6 Å². The van der Waals surface area contributed by atoms with E-state index in [2.05, 4.69) is 15.3 Å². The Hall–Kier alpha value is -3.53. The van der Waals surface area contributed by atoms with Gasteiger partial charge >= 0.3 is 0 Å². The first-order valence-electron chi connectivity index (χ1n) is 11.3. The first kappa shape index (κ1) is 24.6. The molecule has 0 saturated heterocycles. The molecule has 186 valence electrons. The normalized spacial score (nSPS) is 13.1. The molecule has 0 fully saturated rings. The molecule has 0 aliphatic carbocycles. The van der Waals surface area contributed by atoms with Crippen LogP contribution >= 0.6 is 0 Å². The van der Waals surface area contributed by atoms with E-state index in [1.165, 1.54) is 18.2 Å². The largest absolute Gasteiger partial charge is 0.489 e. The number of nitrogens with zero attached hydrogens (tertiary/aromatic N) is 4. The van der Waals surface area contributed by atoms with E-state index in [0.29, 0.717) is 37.7 Å². The van der Waals surface area contributed by atoms with Crippen molar-refractivity contribution in [3.8, 4) is 22.8 Å². The Bertz CT molecular complexity index is 1210. The van der Waals surface area contributed by atoms with Gasteiger partial charge in [-0.15, -0.1) is 0 Å². The number of anilines is 3. The molecule has 4 rings (SSSR count). The van der Waals surface area contributed by atoms with Gasteiger partial charge in [0.2, 0.25) is 5.95 Å². The highest BCUT2D eigenvalue weighted by Gasteiger charge is 2.25. The van der Waals surface area contributed by atoms with E-state index in [0.717, 1.165) is 6.20 Å². The predicted octanol–water partition coefficient (Wildman–Crippen LogP) is 4.85. The monoisotopic (exact) mass is 487 g/mol. The van der Waals surface area contributed by atoms with Gasteiger partial charge in [-0.05, 0) is 52.2 Å². The summed E-state index contributed by atoms with van der Waals surface area (Å²) in [6.45, 7) is 5.93. The summed E-state index contributed by atoms with van der Waals surface area (Å²) in [7, 11) is 3.80. The van der Waals surface area contributed by atoms with Crippen LogP contribution in [-0.2, 0) is 0 Å². The van der Waals surface area contributed by atoms with Gasteiger partial charge in [0.15, 0.2) is 29.0 Å². The standard InChI is InChI=1S/C25H28F3N5O2/c1-15(2)33-8-10-35-24-19(27)11-16(12-21(24)33)23-20(28)14-29-25(31-23)30-17-5-6-22(18(26)13-17)34-9-7-32(3)4/h5-6,11-15H,7-10H2,1-4H3,(H,29,30,31). The summed E-state index contributed by atoms with van der Waals surface area (Å²) in [5, 5.41) is 2.87. The lowest BCUT2D eigenvalue weighted by molar-refractivity contribution is 0.252. The molecule has 1 aliphatic rings. The van der Waals surface area contributed by atoms with E-state index >= 15 is 0 Å². The minimum Gasteiger partial charge on any atom is -0.489 e. The smallest absolute Gasteiger partial charge is 0.227 e. The minimum atomic E-state index is -0.710. The molecule has 7 nitrogen and oxygen atoms in total. The van der Waals surface area contributed by atoms with E-state index < -0.39 is 17.5 Å². The number of rotatable bonds is 8. The highest BCUT2D eigenvalue weighted by atomic mass is 19.1. The summed E-state index contributed by atoms with van der Waals surface area (Å²) in [6, 6.07) is 7.30. The maximum Gasteiger partial charge on any atom is 0.227 e. The van der Waals surface area contributed by atoms with Crippen molar-refractivity contribution in [2.75, 3.05) is 50.6 Å². The van der Waals surface area contributed by atoms with Gasteiger partial charge in [-0.25, -0.2) is 23.1 Å². The third-order valence-electron chi connectivity index (χ3n) is 5.54. The van der Waals surface area contributed by atoms with Gasteiger partial charge in [-0.2, -0.15) is 0 Å². The van der Waals surface area contributed by atoms with E-state index in [4.69, 9.17) is 9.47 Å². The fraction of sp³-hybridized carbons (Fsp3) is 0.360. The molecule has 0 atom stereocenters. The molecule has 1 N–H and O–H groups in total. The number of benzene rings is 2. The molecule has 2 heterocycles. The van der Waals surface area contributed by atoms with Crippen molar-refractivity contribution in [3.63, 3.8) is 0 Å². The first-order chi connectivity index (χ1) is 16.7. The first-order valence-corrected chi connectivity index (χ1v) is 11.3. The Kier molecular flexibility index (Phi) is 7.30. The van der Waals surface area contributed by atoms with Crippen molar-refractivity contribution in [2.24, 2.45) is 0 Å². The number of hydrogen-bond acceptors (Lipinski definition) is 7. The Labute approximate surface area is 202 Å². The fourth-order valence-electron chi connectivity index (χ4n) is 3.77. The lowest BCUT2D eigenvalue weighted by atomic mass is 10.1. The molecule has 0 unspecified atom stereocenters. The van der Waals surface area contributed by atoms with Crippen molar-refractivity contribution in [1.29, 1.82) is 0 Å². The predicted molar refractivity (Wildman–Crippen MR) is 129 cm³/mol. The molecule has 2 aromatic carbocycles. The molecule has 1 aromatic heterocycles. The van der Waals surface area contributed by atoms with Gasteiger partial charge in [-0.3, -0.25) is 0 Å². The molecule has 35 heavy (non-hydrogen) atoms. The minimum absolute atomic E-state index is 0.0390. The van der Waals surface area contributed by atoms with E-state index in [9.17, 15) is 13.2 Å². The van der Waals surface area contributed by atoms with E-state index in [1.54, 1.807) is 12.1 Å². The van der Waals surface area contributed by atoms with Crippen LogP contribution in [0.5, 0.6) is 11.5 Å². The molecular formula is C25H28F3N5O2. The molecular weight excluding hydrogens is 459 g/mol. The van der Waals surface area contributed by atoms with Crippen molar-refractivity contribution in [1.82, 2.24) is 14.9 Å². The molecule has 10 heteroatoms. The van der Waals surface area contributed by atoms with Crippen LogP contribution in [0.2, 0.25) is 0 Å². The van der Waals surface area contributed by atoms with Crippen molar-refractivity contribution in [3.05, 3.63) is 54.0 Å². The van der Waals surface area contributed by atoms with Crippen LogP contribution in [0.1, 0.15) is 13.8 Å². The van der Waals surface area contributed by atoms with Crippen LogP contribution in [-0.4, -0.2) is 61.3 Å². The van der Waals surface area contributed by atoms with Crippen molar-refractivity contribution >= 4 is 17.3 Å². The van der Waals surface area contributed by atoms with Gasteiger partial charge in [0.1, 0.15) is 18.9 Å². The highest BCUT2D eigenvalue weighted by Crippen LogP contribution is 2.39. The SMILES string of the molecule is CC(C)N1CCOc2c(F)cc(-c3nc(Nc4ccc(OCCN(C)C)c(F)c4)ncc3F)cc21. The molecule has 1 aliphatic heterocycles. The van der Waals surface area contributed by atoms with Crippen molar-refractivity contribution in [2.45, 2.75) is 19.9 Å². The van der Waals surface area contributed by atoms with Gasteiger partial charge < -0.3 is 24.6 Å². The quantitative estimate of drug-likeness (QED) is 0.487. The lowest BCUT2D eigenvalue weighted by Gasteiger charge is -2.34. The van der Waals surface area contributed by atoms with Gasteiger partial charge in [0, 0.05) is 29.9 Å². The van der Waals surface area contributed by atoms with E-state index in [-0.39, 0.29) is 34.7 Å². The Morgan fingerprint density at radius 3 is 2.63 bits per heavy atom. The zero-order valence-corrected chi connectivity index (χ0v) is 20.1. The topological polar surface area (TPSA) is 62.8 Å². The molecule has 3 aromatic rings. The second-order valence-corrected chi connectivity index (χ2v) is 8.75. The number of ether oxygens (including phenoxy) is 2. The highest BCUT2D eigenvalue weighted by molar-refractivity contribution is 5.73. The molecule has 0 radical (unpaired) electrons. The van der Waals surface area contributed by atoms with Crippen LogP contribution in [0.3, 0.4) is 0 Å². The van der Waals surface area contributed by atoms with Crippen LogP contribution in [0.4, 0.5) is 30.5 Å². The Morgan fingerprint density at radius 1 is 1.11 bits per heavy atom. The number of halogens is 3. The zero-order valence-electron chi connectivity index (χ0n) is 20.1. The average molecular weight is 488 g/mol. The van der Waals surface area contributed by atoms with Crippen LogP contribution in [0.25, 0.3) is 11.3 Å². The summed E-state index contributed by atoms with van der Waals surface area (Å²) in [6.07, 6.45) is 0.994. The average Bonchev–Trinajstić information content (AvgIpc) is 2.81. The van der Waals surface area contributed by atoms with Crippen LogP contribution < -0.4 is 19.7 Å². The number of likely N-dealkylation sites (N-methyl/N-ethyl adjacent to an activating group) is 1. The maximum atomic E-state index is 14.9. The number of fused-ring (bicyclic) bond motifs is 1. The number of nitrogens with one attached hydrogen (secondary N) is 1. The lowest BCUT2D eigenvalue weighted by Crippen LogP contribution is -2.38. The van der Waals surface area contributed by atoms with Gasteiger partial charge in [0.25, 0.3) is 0 Å². The number of aromatic nitrogens is 2. The van der Waals surface area contributed by atoms with E-state index in [1.807, 2.05) is 37.7 Å². The zero-order chi connectivity index (χ0) is 25.1. The van der Waals surface area contributed by atoms with Crippen LogP contribution in [0, 0.1) is 17.5 Å². The third-order valence-corrected chi connectivity index (χ3v) is 5.54. The Balaban J connectivity index is 1.59. The molecule has 0 bridgehead atoms. The number of hydrogen-bond donors (Lipinski definition) is 1. The Morgan fingerprint density at radius 2 is 1.91 bits per heavy atom.